The van der Waals surface area contributed by atoms with E-state index in [0.717, 1.165) is 16.7 Å². The summed E-state index contributed by atoms with van der Waals surface area (Å²) in [6.45, 7) is 4.52. The van der Waals surface area contributed by atoms with E-state index in [-0.39, 0.29) is 0 Å². The third-order valence-electron chi connectivity index (χ3n) is 6.31. The summed E-state index contributed by atoms with van der Waals surface area (Å²) in [4.78, 5) is 6.76. The fraction of sp³-hybridized carbons (Fsp3) is 0.231. The van der Waals surface area contributed by atoms with Crippen LogP contribution in [0.25, 0.3) is 5.57 Å². The molecule has 3 heterocycles. The van der Waals surface area contributed by atoms with Crippen LogP contribution < -0.4 is 16.0 Å². The van der Waals surface area contributed by atoms with Crippen LogP contribution in [0.5, 0.6) is 0 Å². The maximum atomic E-state index is 10.3. The maximum absolute atomic E-state index is 10.3. The summed E-state index contributed by atoms with van der Waals surface area (Å²) in [7, 11) is 0. The predicted molar refractivity (Wildman–Crippen MR) is 137 cm³/mol. The van der Waals surface area contributed by atoms with Crippen molar-refractivity contribution in [2.45, 2.75) is 12.5 Å². The first kappa shape index (κ1) is 22.5. The molecule has 1 unspecified atom stereocenters. The molecule has 0 radical (unpaired) electrons. The molecule has 0 saturated carbocycles. The second kappa shape index (κ2) is 8.84. The van der Waals surface area contributed by atoms with Crippen molar-refractivity contribution < 1.29 is 4.74 Å². The first-order valence-electron chi connectivity index (χ1n) is 11.0. The highest BCUT2D eigenvalue weighted by molar-refractivity contribution is 6.30. The number of nitriles is 1. The third-order valence-corrected chi connectivity index (χ3v) is 6.82. The van der Waals surface area contributed by atoms with Crippen molar-refractivity contribution in [1.29, 1.82) is 5.26 Å². The monoisotopic (exact) mass is 491 g/mol. The zero-order valence-electron chi connectivity index (χ0n) is 18.6. The lowest BCUT2D eigenvalue weighted by Gasteiger charge is -2.38. The van der Waals surface area contributed by atoms with E-state index in [1.807, 2.05) is 48.5 Å². The van der Waals surface area contributed by atoms with Gasteiger partial charge in [0.2, 0.25) is 0 Å². The van der Waals surface area contributed by atoms with E-state index in [1.165, 1.54) is 0 Å². The lowest BCUT2D eigenvalue weighted by molar-refractivity contribution is 0.122. The van der Waals surface area contributed by atoms with E-state index in [2.05, 4.69) is 29.3 Å². The SMILES string of the molecule is CC1(c2ccc(Cl)cc2)C=C(c2ccc(Cl)cc2)c2c(N)nc(N3CCOCC3)c(C#N)c2N1. The minimum absolute atomic E-state index is 0.363. The average molecular weight is 492 g/mol. The Labute approximate surface area is 208 Å². The van der Waals surface area contributed by atoms with Crippen molar-refractivity contribution in [2.24, 2.45) is 0 Å². The van der Waals surface area contributed by atoms with Crippen LogP contribution in [0.15, 0.2) is 54.6 Å². The third kappa shape index (κ3) is 3.97. The molecule has 6 nitrogen and oxygen atoms in total. The maximum Gasteiger partial charge on any atom is 0.151 e. The summed E-state index contributed by atoms with van der Waals surface area (Å²) < 4.78 is 5.49. The zero-order chi connectivity index (χ0) is 23.9. The van der Waals surface area contributed by atoms with Gasteiger partial charge in [0.05, 0.1) is 24.4 Å². The molecule has 1 fully saturated rings. The van der Waals surface area contributed by atoms with Gasteiger partial charge in [-0.2, -0.15) is 5.26 Å². The quantitative estimate of drug-likeness (QED) is 0.506. The van der Waals surface area contributed by atoms with Crippen LogP contribution in [0, 0.1) is 11.3 Å². The van der Waals surface area contributed by atoms with Gasteiger partial charge in [0.1, 0.15) is 17.5 Å². The molecule has 8 heteroatoms. The van der Waals surface area contributed by atoms with E-state index in [0.29, 0.717) is 64.8 Å². The number of nitrogens with zero attached hydrogens (tertiary/aromatic N) is 3. The van der Waals surface area contributed by atoms with Gasteiger partial charge in [0, 0.05) is 28.7 Å². The van der Waals surface area contributed by atoms with E-state index in [4.69, 9.17) is 38.7 Å². The molecule has 0 amide bonds. The van der Waals surface area contributed by atoms with Gasteiger partial charge in [-0.1, -0.05) is 47.5 Å². The lowest BCUT2D eigenvalue weighted by atomic mass is 9.81. The molecule has 2 aromatic carbocycles. The molecule has 0 spiro atoms. The molecule has 1 saturated heterocycles. The molecule has 3 aromatic rings. The van der Waals surface area contributed by atoms with Crippen LogP contribution in [0.1, 0.15) is 29.2 Å². The summed E-state index contributed by atoms with van der Waals surface area (Å²) in [5, 5.41) is 15.2. The number of rotatable bonds is 3. The molecule has 5 rings (SSSR count). The number of pyridine rings is 1. The Bertz CT molecular complexity index is 1310. The molecular weight excluding hydrogens is 469 g/mol. The van der Waals surface area contributed by atoms with Crippen LogP contribution >= 0.6 is 23.2 Å². The van der Waals surface area contributed by atoms with E-state index in [1.54, 1.807) is 0 Å². The van der Waals surface area contributed by atoms with Gasteiger partial charge in [-0.25, -0.2) is 4.98 Å². The Morgan fingerprint density at radius 3 is 2.29 bits per heavy atom. The smallest absolute Gasteiger partial charge is 0.151 e. The van der Waals surface area contributed by atoms with Crippen LogP contribution in [0.2, 0.25) is 10.0 Å². The highest BCUT2D eigenvalue weighted by Gasteiger charge is 2.36. The van der Waals surface area contributed by atoms with Crippen LogP contribution in [-0.4, -0.2) is 31.3 Å². The van der Waals surface area contributed by atoms with Gasteiger partial charge in [-0.05, 0) is 54.0 Å². The number of fused-ring (bicyclic) bond motifs is 1. The summed E-state index contributed by atoms with van der Waals surface area (Å²) in [6.07, 6.45) is 2.12. The molecule has 3 N–H and O–H groups in total. The Morgan fingerprint density at radius 1 is 1.06 bits per heavy atom. The van der Waals surface area contributed by atoms with Crippen molar-refractivity contribution in [2.75, 3.05) is 42.3 Å². The first-order valence-corrected chi connectivity index (χ1v) is 11.7. The number of nitrogen functional groups attached to an aromatic ring is 1. The molecule has 1 aromatic heterocycles. The summed E-state index contributed by atoms with van der Waals surface area (Å²) in [6, 6.07) is 17.7. The number of nitrogens with two attached hydrogens (primary N) is 1. The lowest BCUT2D eigenvalue weighted by Crippen LogP contribution is -2.38. The van der Waals surface area contributed by atoms with Crippen molar-refractivity contribution in [3.05, 3.63) is 86.9 Å². The highest BCUT2D eigenvalue weighted by atomic mass is 35.5. The minimum atomic E-state index is -0.631. The van der Waals surface area contributed by atoms with E-state index < -0.39 is 5.54 Å². The van der Waals surface area contributed by atoms with Crippen molar-refractivity contribution in [3.63, 3.8) is 0 Å². The van der Waals surface area contributed by atoms with Crippen LogP contribution in [0.3, 0.4) is 0 Å². The molecular formula is C26H23Cl2N5O. The molecule has 0 bridgehead atoms. The van der Waals surface area contributed by atoms with Crippen molar-refractivity contribution in [1.82, 2.24) is 4.98 Å². The number of ether oxygens (including phenoxy) is 1. The first-order chi connectivity index (χ1) is 16.4. The largest absolute Gasteiger partial charge is 0.383 e. The van der Waals surface area contributed by atoms with E-state index >= 15 is 0 Å². The number of aromatic nitrogens is 1. The van der Waals surface area contributed by atoms with Crippen molar-refractivity contribution >= 4 is 46.1 Å². The molecule has 2 aliphatic heterocycles. The predicted octanol–water partition coefficient (Wildman–Crippen LogP) is 5.45. The molecule has 34 heavy (non-hydrogen) atoms. The van der Waals surface area contributed by atoms with Crippen molar-refractivity contribution in [3.8, 4) is 6.07 Å². The summed E-state index contributed by atoms with van der Waals surface area (Å²) in [5.74, 6) is 0.938. The number of morpholine rings is 1. The van der Waals surface area contributed by atoms with Gasteiger partial charge in [0.25, 0.3) is 0 Å². The van der Waals surface area contributed by atoms with Gasteiger partial charge in [-0.15, -0.1) is 0 Å². The second-order valence-electron chi connectivity index (χ2n) is 8.56. The van der Waals surface area contributed by atoms with Crippen LogP contribution in [-0.2, 0) is 10.3 Å². The van der Waals surface area contributed by atoms with Gasteiger partial charge < -0.3 is 20.7 Å². The normalized spacial score (nSPS) is 19.6. The minimum Gasteiger partial charge on any atom is -0.383 e. The van der Waals surface area contributed by atoms with E-state index in [9.17, 15) is 5.26 Å². The van der Waals surface area contributed by atoms with Crippen LogP contribution in [0.4, 0.5) is 17.3 Å². The van der Waals surface area contributed by atoms with Gasteiger partial charge in [-0.3, -0.25) is 0 Å². The number of anilines is 3. The molecule has 172 valence electrons. The molecule has 1 atom stereocenters. The van der Waals surface area contributed by atoms with Gasteiger partial charge in [0.15, 0.2) is 5.82 Å². The highest BCUT2D eigenvalue weighted by Crippen LogP contribution is 2.47. The fourth-order valence-electron chi connectivity index (χ4n) is 4.56. The standard InChI is InChI=1S/C26H23Cl2N5O/c1-26(17-4-8-19(28)9-5-17)14-20(16-2-6-18(27)7-3-16)22-23(32-26)21(15-29)25(31-24(22)30)33-10-12-34-13-11-33/h2-9,14,32H,10-13H2,1H3,(H2,30,31). The number of nitrogens with one attached hydrogen (secondary N) is 1. The summed E-state index contributed by atoms with van der Waals surface area (Å²) >= 11 is 12.3. The Balaban J connectivity index is 1.75. The number of hydrogen-bond acceptors (Lipinski definition) is 6. The summed E-state index contributed by atoms with van der Waals surface area (Å²) in [5.41, 5.74) is 10.6. The Morgan fingerprint density at radius 2 is 1.68 bits per heavy atom. The Kier molecular flexibility index (Phi) is 5.86. The zero-order valence-corrected chi connectivity index (χ0v) is 20.1. The number of hydrogen-bond donors (Lipinski definition) is 2. The topological polar surface area (TPSA) is 87.2 Å². The number of halogens is 2. The molecule has 0 aliphatic carbocycles. The Hall–Kier alpha value is -3.24. The second-order valence-corrected chi connectivity index (χ2v) is 9.43. The van der Waals surface area contributed by atoms with Gasteiger partial charge >= 0.3 is 0 Å². The average Bonchev–Trinajstić information content (AvgIpc) is 2.84. The number of benzene rings is 2. The molecule has 2 aliphatic rings. The fourth-order valence-corrected chi connectivity index (χ4v) is 4.82.